The fourth-order valence-corrected chi connectivity index (χ4v) is 4.11. The SMILES string of the molecule is C=C(C)COC1CCC(N)(Cc2ccccc2)C(Cc2ccccc2)C1. The van der Waals surface area contributed by atoms with Gasteiger partial charge in [0.2, 0.25) is 0 Å². The molecule has 1 aliphatic carbocycles. The Hall–Kier alpha value is -1.90. The van der Waals surface area contributed by atoms with Crippen molar-refractivity contribution >= 4 is 0 Å². The van der Waals surface area contributed by atoms with Crippen LogP contribution in [-0.4, -0.2) is 18.2 Å². The highest BCUT2D eigenvalue weighted by molar-refractivity contribution is 5.21. The third kappa shape index (κ3) is 5.06. The van der Waals surface area contributed by atoms with Crippen molar-refractivity contribution in [1.29, 1.82) is 0 Å². The molecule has 2 aromatic rings. The van der Waals surface area contributed by atoms with Crippen molar-refractivity contribution in [3.63, 3.8) is 0 Å². The number of hydrogen-bond acceptors (Lipinski definition) is 2. The van der Waals surface area contributed by atoms with Crippen LogP contribution in [0, 0.1) is 5.92 Å². The van der Waals surface area contributed by atoms with E-state index in [1.807, 2.05) is 6.92 Å². The zero-order chi connectivity index (χ0) is 18.4. The molecule has 3 rings (SSSR count). The zero-order valence-corrected chi connectivity index (χ0v) is 15.9. The standard InChI is InChI=1S/C24H31NO/c1-19(2)18-26-23-13-14-24(25,17-21-11-7-4-8-12-21)22(16-23)15-20-9-5-3-6-10-20/h3-12,22-23H,1,13-18,25H2,2H3. The van der Waals surface area contributed by atoms with E-state index < -0.39 is 0 Å². The van der Waals surface area contributed by atoms with Crippen LogP contribution in [0.5, 0.6) is 0 Å². The maximum absolute atomic E-state index is 7.03. The molecular weight excluding hydrogens is 318 g/mol. The Kier molecular flexibility index (Phi) is 6.29. The molecule has 0 saturated heterocycles. The van der Waals surface area contributed by atoms with Gasteiger partial charge in [0, 0.05) is 5.54 Å². The number of rotatable bonds is 7. The van der Waals surface area contributed by atoms with Gasteiger partial charge in [-0.1, -0.05) is 72.8 Å². The highest BCUT2D eigenvalue weighted by atomic mass is 16.5. The lowest BCUT2D eigenvalue weighted by Gasteiger charge is -2.44. The molecule has 1 aliphatic rings. The molecule has 0 aromatic heterocycles. The summed E-state index contributed by atoms with van der Waals surface area (Å²) in [5, 5.41) is 0. The monoisotopic (exact) mass is 349 g/mol. The molecule has 3 atom stereocenters. The summed E-state index contributed by atoms with van der Waals surface area (Å²) in [4.78, 5) is 0. The molecule has 0 heterocycles. The second-order valence-corrected chi connectivity index (χ2v) is 7.95. The molecule has 0 amide bonds. The molecule has 0 bridgehead atoms. The van der Waals surface area contributed by atoms with Crippen molar-refractivity contribution < 1.29 is 4.74 Å². The van der Waals surface area contributed by atoms with Crippen LogP contribution in [0.4, 0.5) is 0 Å². The summed E-state index contributed by atoms with van der Waals surface area (Å²) in [6, 6.07) is 21.4. The second-order valence-electron chi connectivity index (χ2n) is 7.95. The molecule has 1 saturated carbocycles. The van der Waals surface area contributed by atoms with E-state index >= 15 is 0 Å². The highest BCUT2D eigenvalue weighted by Crippen LogP contribution is 2.38. The first kappa shape index (κ1) is 18.9. The molecule has 1 fully saturated rings. The van der Waals surface area contributed by atoms with Gasteiger partial charge in [0.05, 0.1) is 12.7 Å². The Labute approximate surface area is 158 Å². The average Bonchev–Trinajstić information content (AvgIpc) is 2.64. The van der Waals surface area contributed by atoms with Crippen LogP contribution in [0.3, 0.4) is 0 Å². The third-order valence-electron chi connectivity index (χ3n) is 5.56. The molecule has 138 valence electrons. The lowest BCUT2D eigenvalue weighted by atomic mass is 9.67. The summed E-state index contributed by atoms with van der Waals surface area (Å²) >= 11 is 0. The Bertz CT molecular complexity index is 697. The second kappa shape index (κ2) is 8.66. The van der Waals surface area contributed by atoms with Crippen LogP contribution in [0.2, 0.25) is 0 Å². The first-order valence-corrected chi connectivity index (χ1v) is 9.68. The van der Waals surface area contributed by atoms with Crippen molar-refractivity contribution in [2.24, 2.45) is 11.7 Å². The smallest absolute Gasteiger partial charge is 0.0675 e. The van der Waals surface area contributed by atoms with Gasteiger partial charge < -0.3 is 10.5 Å². The van der Waals surface area contributed by atoms with Gasteiger partial charge in [-0.3, -0.25) is 0 Å². The molecular formula is C24H31NO. The van der Waals surface area contributed by atoms with E-state index in [2.05, 4.69) is 67.2 Å². The van der Waals surface area contributed by atoms with Gasteiger partial charge in [0.25, 0.3) is 0 Å². The molecule has 0 aliphatic heterocycles. The minimum atomic E-state index is -0.180. The topological polar surface area (TPSA) is 35.2 Å². The van der Waals surface area contributed by atoms with E-state index in [0.717, 1.165) is 37.7 Å². The number of benzene rings is 2. The number of ether oxygens (including phenoxy) is 1. The lowest BCUT2D eigenvalue weighted by Crippen LogP contribution is -2.54. The Morgan fingerprint density at radius 3 is 2.31 bits per heavy atom. The molecule has 2 nitrogen and oxygen atoms in total. The van der Waals surface area contributed by atoms with Crippen LogP contribution in [0.15, 0.2) is 72.8 Å². The van der Waals surface area contributed by atoms with Gasteiger partial charge in [-0.2, -0.15) is 0 Å². The van der Waals surface area contributed by atoms with E-state index in [0.29, 0.717) is 12.5 Å². The largest absolute Gasteiger partial charge is 0.374 e. The minimum absolute atomic E-state index is 0.180. The van der Waals surface area contributed by atoms with Crippen LogP contribution >= 0.6 is 0 Å². The fourth-order valence-electron chi connectivity index (χ4n) is 4.11. The number of hydrogen-bond donors (Lipinski definition) is 1. The summed E-state index contributed by atoms with van der Waals surface area (Å²) in [5.74, 6) is 0.411. The predicted octanol–water partition coefficient (Wildman–Crippen LogP) is 4.93. The summed E-state index contributed by atoms with van der Waals surface area (Å²) in [6.07, 6.45) is 5.27. The normalized spacial score (nSPS) is 25.8. The Morgan fingerprint density at radius 2 is 1.69 bits per heavy atom. The summed E-state index contributed by atoms with van der Waals surface area (Å²) < 4.78 is 6.10. The maximum atomic E-state index is 7.03. The fraction of sp³-hybridized carbons (Fsp3) is 0.417. The molecule has 2 N–H and O–H groups in total. The van der Waals surface area contributed by atoms with Gasteiger partial charge >= 0.3 is 0 Å². The van der Waals surface area contributed by atoms with Crippen LogP contribution in [-0.2, 0) is 17.6 Å². The highest BCUT2D eigenvalue weighted by Gasteiger charge is 2.40. The van der Waals surface area contributed by atoms with Crippen molar-refractivity contribution in [2.45, 2.75) is 50.7 Å². The van der Waals surface area contributed by atoms with E-state index in [9.17, 15) is 0 Å². The Balaban J connectivity index is 1.76. The van der Waals surface area contributed by atoms with Crippen molar-refractivity contribution in [3.8, 4) is 0 Å². The summed E-state index contributed by atoms with van der Waals surface area (Å²) in [5.41, 5.74) is 10.6. The summed E-state index contributed by atoms with van der Waals surface area (Å²) in [6.45, 7) is 6.63. The van der Waals surface area contributed by atoms with Gasteiger partial charge in [0.1, 0.15) is 0 Å². The molecule has 0 spiro atoms. The van der Waals surface area contributed by atoms with E-state index in [1.165, 1.54) is 11.1 Å². The first-order valence-electron chi connectivity index (χ1n) is 9.68. The zero-order valence-electron chi connectivity index (χ0n) is 15.9. The molecule has 0 radical (unpaired) electrons. The lowest BCUT2D eigenvalue weighted by molar-refractivity contribution is -0.000935. The first-order chi connectivity index (χ1) is 12.5. The molecule has 2 heteroatoms. The minimum Gasteiger partial charge on any atom is -0.374 e. The van der Waals surface area contributed by atoms with Gasteiger partial charge in [0.15, 0.2) is 0 Å². The maximum Gasteiger partial charge on any atom is 0.0675 e. The van der Waals surface area contributed by atoms with Crippen molar-refractivity contribution in [3.05, 3.63) is 83.9 Å². The van der Waals surface area contributed by atoms with Crippen LogP contribution < -0.4 is 5.73 Å². The van der Waals surface area contributed by atoms with E-state index in [4.69, 9.17) is 10.5 Å². The van der Waals surface area contributed by atoms with Gasteiger partial charge in [-0.15, -0.1) is 0 Å². The average molecular weight is 350 g/mol. The van der Waals surface area contributed by atoms with Crippen LogP contribution in [0.1, 0.15) is 37.3 Å². The van der Waals surface area contributed by atoms with Gasteiger partial charge in [-0.25, -0.2) is 0 Å². The quantitative estimate of drug-likeness (QED) is 0.719. The molecule has 2 aromatic carbocycles. The molecule has 3 unspecified atom stereocenters. The van der Waals surface area contributed by atoms with Crippen molar-refractivity contribution in [2.75, 3.05) is 6.61 Å². The number of nitrogens with two attached hydrogens (primary N) is 1. The Morgan fingerprint density at radius 1 is 1.08 bits per heavy atom. The molecule has 26 heavy (non-hydrogen) atoms. The van der Waals surface area contributed by atoms with Gasteiger partial charge in [-0.05, 0) is 56.1 Å². The van der Waals surface area contributed by atoms with E-state index in [1.54, 1.807) is 0 Å². The summed E-state index contributed by atoms with van der Waals surface area (Å²) in [7, 11) is 0. The van der Waals surface area contributed by atoms with Crippen LogP contribution in [0.25, 0.3) is 0 Å². The van der Waals surface area contributed by atoms with E-state index in [-0.39, 0.29) is 11.6 Å². The third-order valence-corrected chi connectivity index (χ3v) is 5.56. The predicted molar refractivity (Wildman–Crippen MR) is 109 cm³/mol. The van der Waals surface area contributed by atoms with Crippen molar-refractivity contribution in [1.82, 2.24) is 0 Å².